The van der Waals surface area contributed by atoms with Crippen molar-refractivity contribution < 1.29 is 4.79 Å². The number of nitrogens with one attached hydrogen (secondary N) is 1. The molecule has 2 fully saturated rings. The molecule has 120 valence electrons. The summed E-state index contributed by atoms with van der Waals surface area (Å²) >= 11 is 0. The Balaban J connectivity index is 1.31. The summed E-state index contributed by atoms with van der Waals surface area (Å²) in [5.74, 6) is 1.29. The number of nitrogens with zero attached hydrogens (tertiary/aromatic N) is 1. The Labute approximate surface area is 134 Å². The van der Waals surface area contributed by atoms with Crippen molar-refractivity contribution in [1.82, 2.24) is 10.2 Å². The zero-order chi connectivity index (χ0) is 15.2. The van der Waals surface area contributed by atoms with E-state index in [2.05, 4.69) is 34.5 Å². The molecule has 0 aromatic heterocycles. The van der Waals surface area contributed by atoms with Crippen LogP contribution in [0.2, 0.25) is 0 Å². The predicted molar refractivity (Wildman–Crippen MR) is 89.7 cm³/mol. The van der Waals surface area contributed by atoms with Gasteiger partial charge in [-0.15, -0.1) is 0 Å². The van der Waals surface area contributed by atoms with E-state index < -0.39 is 0 Å². The fourth-order valence-electron chi connectivity index (χ4n) is 3.23. The first kappa shape index (κ1) is 15.5. The maximum atomic E-state index is 12.3. The number of aryl methyl sites for hydroxylation is 1. The van der Waals surface area contributed by atoms with Crippen molar-refractivity contribution in [2.45, 2.75) is 51.0 Å². The third-order valence-corrected chi connectivity index (χ3v) is 4.94. The Morgan fingerprint density at radius 2 is 1.82 bits per heavy atom. The van der Waals surface area contributed by atoms with Gasteiger partial charge in [0.1, 0.15) is 0 Å². The van der Waals surface area contributed by atoms with Crippen LogP contribution in [0.3, 0.4) is 0 Å². The van der Waals surface area contributed by atoms with Gasteiger partial charge in [-0.3, -0.25) is 4.79 Å². The highest BCUT2D eigenvalue weighted by Gasteiger charge is 2.25. The maximum Gasteiger partial charge on any atom is 0.222 e. The van der Waals surface area contributed by atoms with Gasteiger partial charge < -0.3 is 10.2 Å². The number of hydrogen-bond donors (Lipinski definition) is 1. The van der Waals surface area contributed by atoms with Crippen molar-refractivity contribution in [2.75, 3.05) is 19.6 Å². The third-order valence-electron chi connectivity index (χ3n) is 4.94. The summed E-state index contributed by atoms with van der Waals surface area (Å²) < 4.78 is 0. The molecule has 1 saturated carbocycles. The molecule has 1 amide bonds. The number of rotatable bonds is 7. The van der Waals surface area contributed by atoms with Crippen LogP contribution < -0.4 is 5.32 Å². The van der Waals surface area contributed by atoms with E-state index >= 15 is 0 Å². The van der Waals surface area contributed by atoms with Crippen LogP contribution in [-0.2, 0) is 11.2 Å². The molecule has 1 saturated heterocycles. The molecule has 1 aromatic carbocycles. The summed E-state index contributed by atoms with van der Waals surface area (Å²) in [6.07, 6.45) is 7.72. The van der Waals surface area contributed by atoms with Crippen LogP contribution in [0.5, 0.6) is 0 Å². The molecule has 3 heteroatoms. The van der Waals surface area contributed by atoms with Gasteiger partial charge in [0.2, 0.25) is 5.91 Å². The minimum atomic E-state index is 0.344. The average molecular weight is 300 g/mol. The highest BCUT2D eigenvalue weighted by molar-refractivity contribution is 5.76. The number of hydrogen-bond acceptors (Lipinski definition) is 2. The second-order valence-corrected chi connectivity index (χ2v) is 6.85. The summed E-state index contributed by atoms with van der Waals surface area (Å²) in [7, 11) is 0. The lowest BCUT2D eigenvalue weighted by Crippen LogP contribution is -2.45. The Hall–Kier alpha value is -1.35. The minimum Gasteiger partial charge on any atom is -0.343 e. The zero-order valence-corrected chi connectivity index (χ0v) is 13.5. The predicted octanol–water partition coefficient (Wildman–Crippen LogP) is 3.00. The molecule has 22 heavy (non-hydrogen) atoms. The van der Waals surface area contributed by atoms with Gasteiger partial charge in [0.25, 0.3) is 0 Å². The molecule has 0 radical (unpaired) electrons. The monoisotopic (exact) mass is 300 g/mol. The fourth-order valence-corrected chi connectivity index (χ4v) is 3.23. The molecule has 1 heterocycles. The van der Waals surface area contributed by atoms with Crippen LogP contribution in [0.15, 0.2) is 30.3 Å². The van der Waals surface area contributed by atoms with Gasteiger partial charge in [-0.1, -0.05) is 30.3 Å². The molecule has 0 bridgehead atoms. The summed E-state index contributed by atoms with van der Waals surface area (Å²) in [5.41, 5.74) is 1.33. The standard InChI is InChI=1S/C19H28N2O/c22-19(8-4-7-16-5-2-1-3-6-16)21-13-11-18(12-14-21)20-15-17-9-10-17/h1-3,5-6,17-18,20H,4,7-15H2. The Morgan fingerprint density at radius 3 is 2.50 bits per heavy atom. The molecule has 1 aliphatic carbocycles. The molecule has 1 N–H and O–H groups in total. The number of piperidine rings is 1. The summed E-state index contributed by atoms with van der Waals surface area (Å²) in [6, 6.07) is 11.1. The van der Waals surface area contributed by atoms with Crippen molar-refractivity contribution in [1.29, 1.82) is 0 Å². The largest absolute Gasteiger partial charge is 0.343 e. The summed E-state index contributed by atoms with van der Waals surface area (Å²) in [5, 5.41) is 3.67. The number of likely N-dealkylation sites (tertiary alicyclic amines) is 1. The Kier molecular flexibility index (Phi) is 5.49. The van der Waals surface area contributed by atoms with E-state index in [1.165, 1.54) is 24.9 Å². The van der Waals surface area contributed by atoms with E-state index in [0.717, 1.165) is 44.7 Å². The van der Waals surface area contributed by atoms with E-state index in [9.17, 15) is 4.79 Å². The van der Waals surface area contributed by atoms with Crippen LogP contribution in [-0.4, -0.2) is 36.5 Å². The van der Waals surface area contributed by atoms with Gasteiger partial charge in [-0.05, 0) is 56.6 Å². The van der Waals surface area contributed by atoms with Crippen LogP contribution in [0.1, 0.15) is 44.1 Å². The first-order chi connectivity index (χ1) is 10.8. The van der Waals surface area contributed by atoms with Crippen molar-refractivity contribution >= 4 is 5.91 Å². The number of carbonyl (C=O) groups is 1. The van der Waals surface area contributed by atoms with Gasteiger partial charge in [0.05, 0.1) is 0 Å². The molecular formula is C19H28N2O. The average Bonchev–Trinajstić information content (AvgIpc) is 3.39. The van der Waals surface area contributed by atoms with E-state index in [1.807, 2.05) is 6.07 Å². The first-order valence-electron chi connectivity index (χ1n) is 8.86. The number of carbonyl (C=O) groups excluding carboxylic acids is 1. The normalized spacial score (nSPS) is 19.4. The highest BCUT2D eigenvalue weighted by atomic mass is 16.2. The highest BCUT2D eigenvalue weighted by Crippen LogP contribution is 2.28. The number of benzene rings is 1. The van der Waals surface area contributed by atoms with Crippen LogP contribution >= 0.6 is 0 Å². The lowest BCUT2D eigenvalue weighted by atomic mass is 10.0. The summed E-state index contributed by atoms with van der Waals surface area (Å²) in [4.78, 5) is 14.3. The third kappa shape index (κ3) is 4.84. The van der Waals surface area contributed by atoms with E-state index in [0.29, 0.717) is 18.4 Å². The Morgan fingerprint density at radius 1 is 1.09 bits per heavy atom. The molecule has 1 aliphatic heterocycles. The molecular weight excluding hydrogens is 272 g/mol. The van der Waals surface area contributed by atoms with E-state index in [1.54, 1.807) is 0 Å². The van der Waals surface area contributed by atoms with Gasteiger partial charge in [-0.25, -0.2) is 0 Å². The Bertz CT molecular complexity index is 462. The van der Waals surface area contributed by atoms with Crippen LogP contribution in [0, 0.1) is 5.92 Å². The fraction of sp³-hybridized carbons (Fsp3) is 0.632. The second kappa shape index (κ2) is 7.77. The van der Waals surface area contributed by atoms with Crippen LogP contribution in [0.25, 0.3) is 0 Å². The molecule has 1 aromatic rings. The molecule has 0 unspecified atom stereocenters. The zero-order valence-electron chi connectivity index (χ0n) is 13.5. The van der Waals surface area contributed by atoms with Gasteiger partial charge in [0, 0.05) is 25.6 Å². The molecule has 3 rings (SSSR count). The second-order valence-electron chi connectivity index (χ2n) is 6.85. The minimum absolute atomic E-state index is 0.344. The SMILES string of the molecule is O=C(CCCc1ccccc1)N1CCC(NCC2CC2)CC1. The molecule has 2 aliphatic rings. The van der Waals surface area contributed by atoms with E-state index in [-0.39, 0.29) is 0 Å². The van der Waals surface area contributed by atoms with Gasteiger partial charge >= 0.3 is 0 Å². The molecule has 0 spiro atoms. The van der Waals surface area contributed by atoms with Gasteiger partial charge in [-0.2, -0.15) is 0 Å². The first-order valence-corrected chi connectivity index (χ1v) is 8.86. The maximum absolute atomic E-state index is 12.3. The lowest BCUT2D eigenvalue weighted by Gasteiger charge is -2.32. The van der Waals surface area contributed by atoms with Crippen molar-refractivity contribution in [3.05, 3.63) is 35.9 Å². The smallest absolute Gasteiger partial charge is 0.222 e. The molecule has 0 atom stereocenters. The lowest BCUT2D eigenvalue weighted by molar-refractivity contribution is -0.132. The van der Waals surface area contributed by atoms with Gasteiger partial charge in [0.15, 0.2) is 0 Å². The molecule has 3 nitrogen and oxygen atoms in total. The topological polar surface area (TPSA) is 32.3 Å². The summed E-state index contributed by atoms with van der Waals surface area (Å²) in [6.45, 7) is 3.06. The van der Waals surface area contributed by atoms with Crippen molar-refractivity contribution in [2.24, 2.45) is 5.92 Å². The van der Waals surface area contributed by atoms with Crippen molar-refractivity contribution in [3.8, 4) is 0 Å². The number of amides is 1. The quantitative estimate of drug-likeness (QED) is 0.839. The van der Waals surface area contributed by atoms with Crippen LogP contribution in [0.4, 0.5) is 0 Å². The van der Waals surface area contributed by atoms with Crippen molar-refractivity contribution in [3.63, 3.8) is 0 Å². The van der Waals surface area contributed by atoms with E-state index in [4.69, 9.17) is 0 Å².